The minimum absolute atomic E-state index is 0.571. The molecule has 1 aromatic heterocycles. The Balaban J connectivity index is 1.55. The van der Waals surface area contributed by atoms with Crippen LogP contribution in [0.4, 0.5) is 5.13 Å². The molecule has 1 aliphatic carbocycles. The predicted octanol–water partition coefficient (Wildman–Crippen LogP) is 3.25. The lowest BCUT2D eigenvalue weighted by Crippen LogP contribution is -2.28. The number of benzene rings is 1. The van der Waals surface area contributed by atoms with Gasteiger partial charge in [-0.05, 0) is 37.8 Å². The largest absolute Gasteiger partial charge is 0.349 e. The van der Waals surface area contributed by atoms with E-state index in [0.717, 1.165) is 37.6 Å². The van der Waals surface area contributed by atoms with Gasteiger partial charge in [0.05, 0.1) is 0 Å². The molecule has 0 unspecified atom stereocenters. The van der Waals surface area contributed by atoms with E-state index < -0.39 is 0 Å². The molecule has 0 saturated heterocycles. The van der Waals surface area contributed by atoms with Gasteiger partial charge in [0.25, 0.3) is 0 Å². The molecule has 1 heterocycles. The van der Waals surface area contributed by atoms with Crippen molar-refractivity contribution in [1.82, 2.24) is 10.3 Å². The number of fused-ring (bicyclic) bond motifs is 1. The average molecular weight is 301 g/mol. The number of anilines is 1. The van der Waals surface area contributed by atoms with Crippen molar-refractivity contribution >= 4 is 16.5 Å². The maximum Gasteiger partial charge on any atom is 0.185 e. The van der Waals surface area contributed by atoms with Gasteiger partial charge in [-0.15, -0.1) is 11.3 Å². The summed E-state index contributed by atoms with van der Waals surface area (Å²) < 4.78 is 0. The first-order valence-electron chi connectivity index (χ1n) is 7.80. The summed E-state index contributed by atoms with van der Waals surface area (Å²) in [6.07, 6.45) is 4.32. The number of nitrogens with zero attached hydrogens (tertiary/aromatic N) is 2. The number of thiazole rings is 1. The summed E-state index contributed by atoms with van der Waals surface area (Å²) in [4.78, 5) is 8.18. The third kappa shape index (κ3) is 3.27. The Bertz CT molecular complexity index is 564. The molecule has 1 N–H and O–H groups in total. The summed E-state index contributed by atoms with van der Waals surface area (Å²) in [5, 5.41) is 4.83. The van der Waals surface area contributed by atoms with Gasteiger partial charge >= 0.3 is 0 Å². The Morgan fingerprint density at radius 1 is 1.19 bits per heavy atom. The summed E-state index contributed by atoms with van der Waals surface area (Å²) in [6, 6.07) is 9.35. The van der Waals surface area contributed by atoms with Crippen molar-refractivity contribution in [1.29, 1.82) is 0 Å². The SMILES string of the molecule is CCN(CC)c1ncc(CNC2Cc3ccccc3C2)s1. The van der Waals surface area contributed by atoms with Crippen LogP contribution in [0.5, 0.6) is 0 Å². The Morgan fingerprint density at radius 2 is 1.86 bits per heavy atom. The molecule has 2 aromatic rings. The van der Waals surface area contributed by atoms with Crippen molar-refractivity contribution in [2.24, 2.45) is 0 Å². The fourth-order valence-electron chi connectivity index (χ4n) is 2.97. The van der Waals surface area contributed by atoms with Crippen molar-refractivity contribution in [3.63, 3.8) is 0 Å². The molecule has 112 valence electrons. The van der Waals surface area contributed by atoms with E-state index in [-0.39, 0.29) is 0 Å². The highest BCUT2D eigenvalue weighted by molar-refractivity contribution is 7.15. The molecule has 0 atom stereocenters. The zero-order valence-corrected chi connectivity index (χ0v) is 13.6. The summed E-state index contributed by atoms with van der Waals surface area (Å²) in [7, 11) is 0. The number of rotatable bonds is 6. The second kappa shape index (κ2) is 6.58. The van der Waals surface area contributed by atoms with Gasteiger partial charge in [0.2, 0.25) is 0 Å². The standard InChI is InChI=1S/C17H23N3S/c1-3-20(4-2)17-19-12-16(21-17)11-18-15-9-13-7-5-6-8-14(13)10-15/h5-8,12,15,18H,3-4,9-11H2,1-2H3. The Labute approximate surface area is 131 Å². The molecule has 4 heteroatoms. The summed E-state index contributed by atoms with van der Waals surface area (Å²) >= 11 is 1.81. The summed E-state index contributed by atoms with van der Waals surface area (Å²) in [6.45, 7) is 7.33. The highest BCUT2D eigenvalue weighted by atomic mass is 32.1. The quantitative estimate of drug-likeness (QED) is 0.888. The molecule has 0 saturated carbocycles. The highest BCUT2D eigenvalue weighted by Crippen LogP contribution is 2.24. The molecule has 0 amide bonds. The van der Waals surface area contributed by atoms with Crippen LogP contribution in [0.15, 0.2) is 30.5 Å². The van der Waals surface area contributed by atoms with Crippen molar-refractivity contribution in [3.05, 3.63) is 46.5 Å². The first-order chi connectivity index (χ1) is 10.3. The maximum atomic E-state index is 4.55. The minimum Gasteiger partial charge on any atom is -0.349 e. The van der Waals surface area contributed by atoms with Crippen LogP contribution in [0.3, 0.4) is 0 Å². The molecule has 3 rings (SSSR count). The molecule has 0 radical (unpaired) electrons. The maximum absolute atomic E-state index is 4.55. The Hall–Kier alpha value is -1.39. The van der Waals surface area contributed by atoms with E-state index in [0.29, 0.717) is 6.04 Å². The van der Waals surface area contributed by atoms with Gasteiger partial charge in [0.1, 0.15) is 0 Å². The van der Waals surface area contributed by atoms with Crippen molar-refractivity contribution in [3.8, 4) is 0 Å². The fraction of sp³-hybridized carbons (Fsp3) is 0.471. The van der Waals surface area contributed by atoms with E-state index in [4.69, 9.17) is 0 Å². The number of hydrogen-bond donors (Lipinski definition) is 1. The molecule has 0 spiro atoms. The van der Waals surface area contributed by atoms with E-state index in [2.05, 4.69) is 53.3 Å². The Kier molecular flexibility index (Phi) is 4.56. The lowest BCUT2D eigenvalue weighted by molar-refractivity contribution is 0.536. The molecule has 0 fully saturated rings. The van der Waals surface area contributed by atoms with Crippen LogP contribution in [0.1, 0.15) is 29.9 Å². The zero-order chi connectivity index (χ0) is 14.7. The minimum atomic E-state index is 0.571. The molecular weight excluding hydrogens is 278 g/mol. The van der Waals surface area contributed by atoms with E-state index in [1.807, 2.05) is 17.5 Å². The molecule has 0 bridgehead atoms. The van der Waals surface area contributed by atoms with Crippen LogP contribution in [0.25, 0.3) is 0 Å². The summed E-state index contributed by atoms with van der Waals surface area (Å²) in [5.74, 6) is 0. The number of hydrogen-bond acceptors (Lipinski definition) is 4. The van der Waals surface area contributed by atoms with Crippen LogP contribution in [-0.2, 0) is 19.4 Å². The Morgan fingerprint density at radius 3 is 2.48 bits per heavy atom. The first-order valence-corrected chi connectivity index (χ1v) is 8.61. The molecule has 0 aliphatic heterocycles. The van der Waals surface area contributed by atoms with Crippen LogP contribution in [0.2, 0.25) is 0 Å². The second-order valence-corrected chi connectivity index (χ2v) is 6.63. The van der Waals surface area contributed by atoms with Gasteiger partial charge in [-0.25, -0.2) is 4.98 Å². The molecular formula is C17H23N3S. The van der Waals surface area contributed by atoms with Crippen molar-refractivity contribution in [2.45, 2.75) is 39.3 Å². The van der Waals surface area contributed by atoms with Crippen LogP contribution in [0, 0.1) is 0 Å². The molecule has 3 nitrogen and oxygen atoms in total. The van der Waals surface area contributed by atoms with E-state index >= 15 is 0 Å². The van der Waals surface area contributed by atoms with Gasteiger partial charge < -0.3 is 10.2 Å². The van der Waals surface area contributed by atoms with Gasteiger partial charge in [0.15, 0.2) is 5.13 Å². The number of aromatic nitrogens is 1. The van der Waals surface area contributed by atoms with Crippen LogP contribution < -0.4 is 10.2 Å². The topological polar surface area (TPSA) is 28.2 Å². The third-order valence-electron chi connectivity index (χ3n) is 4.19. The monoisotopic (exact) mass is 301 g/mol. The van der Waals surface area contributed by atoms with Crippen LogP contribution >= 0.6 is 11.3 Å². The smallest absolute Gasteiger partial charge is 0.185 e. The average Bonchev–Trinajstić information content (AvgIpc) is 3.12. The van der Waals surface area contributed by atoms with E-state index in [1.54, 1.807) is 0 Å². The van der Waals surface area contributed by atoms with E-state index in [1.165, 1.54) is 16.0 Å². The normalized spacial score (nSPS) is 14.4. The lowest BCUT2D eigenvalue weighted by Gasteiger charge is -2.16. The molecule has 1 aromatic carbocycles. The number of nitrogens with one attached hydrogen (secondary N) is 1. The van der Waals surface area contributed by atoms with Crippen molar-refractivity contribution in [2.75, 3.05) is 18.0 Å². The van der Waals surface area contributed by atoms with Gasteiger partial charge in [-0.2, -0.15) is 0 Å². The van der Waals surface area contributed by atoms with Gasteiger partial charge in [0, 0.05) is 36.8 Å². The third-order valence-corrected chi connectivity index (χ3v) is 5.25. The van der Waals surface area contributed by atoms with E-state index in [9.17, 15) is 0 Å². The van der Waals surface area contributed by atoms with Crippen molar-refractivity contribution < 1.29 is 0 Å². The van der Waals surface area contributed by atoms with Gasteiger partial charge in [-0.1, -0.05) is 24.3 Å². The highest BCUT2D eigenvalue weighted by Gasteiger charge is 2.20. The fourth-order valence-corrected chi connectivity index (χ4v) is 3.96. The molecule has 21 heavy (non-hydrogen) atoms. The van der Waals surface area contributed by atoms with Gasteiger partial charge in [-0.3, -0.25) is 0 Å². The second-order valence-electron chi connectivity index (χ2n) is 5.54. The lowest BCUT2D eigenvalue weighted by atomic mass is 10.1. The van der Waals surface area contributed by atoms with Crippen LogP contribution in [-0.4, -0.2) is 24.1 Å². The first kappa shape index (κ1) is 14.5. The predicted molar refractivity (Wildman–Crippen MR) is 90.2 cm³/mol. The summed E-state index contributed by atoms with van der Waals surface area (Å²) in [5.41, 5.74) is 3.01. The molecule has 1 aliphatic rings. The zero-order valence-electron chi connectivity index (χ0n) is 12.8.